The van der Waals surface area contributed by atoms with Crippen molar-refractivity contribution in [2.75, 3.05) is 22.1 Å². The van der Waals surface area contributed by atoms with E-state index < -0.39 is 0 Å². The molecule has 2 aromatic carbocycles. The van der Waals surface area contributed by atoms with E-state index in [0.29, 0.717) is 5.13 Å². The van der Waals surface area contributed by atoms with E-state index in [1.807, 2.05) is 42.5 Å². The molecule has 6 nitrogen and oxygen atoms in total. The van der Waals surface area contributed by atoms with Crippen molar-refractivity contribution in [3.05, 3.63) is 48.0 Å². The fraction of sp³-hybridized carbons (Fsp3) is 0.125. The van der Waals surface area contributed by atoms with Gasteiger partial charge < -0.3 is 5.32 Å². The molecule has 24 heavy (non-hydrogen) atoms. The lowest BCUT2D eigenvalue weighted by Crippen LogP contribution is -2.18. The average Bonchev–Trinajstić information content (AvgIpc) is 3.08. The third-order valence-electron chi connectivity index (χ3n) is 3.14. The van der Waals surface area contributed by atoms with Crippen LogP contribution in [0.1, 0.15) is 0 Å². The van der Waals surface area contributed by atoms with Gasteiger partial charge in [-0.15, -0.1) is 22.0 Å². The van der Waals surface area contributed by atoms with Gasteiger partial charge in [0.05, 0.1) is 11.5 Å². The minimum Gasteiger partial charge on any atom is -0.325 e. The number of hydrogen-bond acceptors (Lipinski definition) is 6. The summed E-state index contributed by atoms with van der Waals surface area (Å²) in [5, 5.41) is 15.4. The summed E-state index contributed by atoms with van der Waals surface area (Å²) < 4.78 is 0. The van der Waals surface area contributed by atoms with E-state index in [0.717, 1.165) is 16.5 Å². The van der Waals surface area contributed by atoms with Crippen LogP contribution in [0.25, 0.3) is 10.8 Å². The zero-order chi connectivity index (χ0) is 16.8. The first kappa shape index (κ1) is 16.4. The highest BCUT2D eigenvalue weighted by Crippen LogP contribution is 2.23. The predicted octanol–water partition coefficient (Wildman–Crippen LogP) is 3.00. The molecule has 0 spiro atoms. The quantitative estimate of drug-likeness (QED) is 0.708. The fourth-order valence-corrected chi connectivity index (χ4v) is 3.22. The molecule has 0 aliphatic heterocycles. The number of hydrogen-bond donors (Lipinski definition) is 2. The van der Waals surface area contributed by atoms with E-state index in [1.54, 1.807) is 5.51 Å². The van der Waals surface area contributed by atoms with Gasteiger partial charge in [-0.2, -0.15) is 0 Å². The van der Waals surface area contributed by atoms with E-state index in [-0.39, 0.29) is 23.3 Å². The lowest BCUT2D eigenvalue weighted by atomic mass is 10.1. The molecule has 0 aliphatic rings. The lowest BCUT2D eigenvalue weighted by molar-refractivity contribution is -0.114. The van der Waals surface area contributed by atoms with Crippen LogP contribution in [0.15, 0.2) is 48.0 Å². The first-order chi connectivity index (χ1) is 11.7. The maximum absolute atomic E-state index is 12.1. The molecule has 0 aliphatic carbocycles. The number of nitrogens with one attached hydrogen (secondary N) is 2. The van der Waals surface area contributed by atoms with Gasteiger partial charge >= 0.3 is 0 Å². The Morgan fingerprint density at radius 2 is 1.75 bits per heavy atom. The molecule has 0 fully saturated rings. The molecule has 1 heterocycles. The number of nitrogens with zero attached hydrogens (tertiary/aromatic N) is 2. The Morgan fingerprint density at radius 1 is 1.00 bits per heavy atom. The van der Waals surface area contributed by atoms with Crippen LogP contribution in [0.2, 0.25) is 0 Å². The largest absolute Gasteiger partial charge is 0.325 e. The lowest BCUT2D eigenvalue weighted by Gasteiger charge is -2.08. The summed E-state index contributed by atoms with van der Waals surface area (Å²) in [6, 6.07) is 13.6. The first-order valence-corrected chi connectivity index (χ1v) is 9.17. The maximum Gasteiger partial charge on any atom is 0.236 e. The van der Waals surface area contributed by atoms with Gasteiger partial charge in [0.1, 0.15) is 5.51 Å². The summed E-state index contributed by atoms with van der Waals surface area (Å²) in [4.78, 5) is 23.8. The molecule has 3 aromatic rings. The molecule has 0 atom stereocenters. The standard InChI is InChI=1S/C16H14N4O2S2/c21-14(8-23-9-15(22)19-16-20-17-10-24-16)18-13-7-3-5-11-4-1-2-6-12(11)13/h1-7,10H,8-9H2,(H,18,21)(H,19,20,22). The van der Waals surface area contributed by atoms with Crippen LogP contribution in [0, 0.1) is 0 Å². The third kappa shape index (κ3) is 4.30. The van der Waals surface area contributed by atoms with Crippen molar-refractivity contribution in [3.63, 3.8) is 0 Å². The molecule has 0 saturated heterocycles. The Kier molecular flexibility index (Phi) is 5.39. The van der Waals surface area contributed by atoms with Crippen molar-refractivity contribution >= 4 is 56.5 Å². The van der Waals surface area contributed by atoms with Gasteiger partial charge in [0.25, 0.3) is 0 Å². The normalized spacial score (nSPS) is 10.5. The first-order valence-electron chi connectivity index (χ1n) is 7.14. The van der Waals surface area contributed by atoms with Crippen molar-refractivity contribution in [1.82, 2.24) is 10.2 Å². The molecule has 0 bridgehead atoms. The molecular formula is C16H14N4O2S2. The number of fused-ring (bicyclic) bond motifs is 1. The van der Waals surface area contributed by atoms with Gasteiger partial charge in [-0.3, -0.25) is 14.9 Å². The number of rotatable bonds is 6. The smallest absolute Gasteiger partial charge is 0.236 e. The van der Waals surface area contributed by atoms with E-state index >= 15 is 0 Å². The molecule has 0 saturated carbocycles. The summed E-state index contributed by atoms with van der Waals surface area (Å²) in [6.07, 6.45) is 0. The van der Waals surface area contributed by atoms with Crippen LogP contribution < -0.4 is 10.6 Å². The Labute approximate surface area is 146 Å². The van der Waals surface area contributed by atoms with Crippen molar-refractivity contribution in [3.8, 4) is 0 Å². The van der Waals surface area contributed by atoms with Gasteiger partial charge in [0, 0.05) is 11.1 Å². The predicted molar refractivity (Wildman–Crippen MR) is 98.4 cm³/mol. The van der Waals surface area contributed by atoms with Crippen LogP contribution in [-0.4, -0.2) is 33.5 Å². The van der Waals surface area contributed by atoms with Gasteiger partial charge in [-0.05, 0) is 11.5 Å². The Balaban J connectivity index is 1.49. The van der Waals surface area contributed by atoms with Crippen molar-refractivity contribution in [2.45, 2.75) is 0 Å². The number of carbonyl (C=O) groups excluding carboxylic acids is 2. The molecule has 8 heteroatoms. The number of aromatic nitrogens is 2. The van der Waals surface area contributed by atoms with Gasteiger partial charge in [0.15, 0.2) is 0 Å². The summed E-state index contributed by atoms with van der Waals surface area (Å²) in [6.45, 7) is 0. The summed E-state index contributed by atoms with van der Waals surface area (Å²) >= 11 is 2.50. The van der Waals surface area contributed by atoms with Gasteiger partial charge in [-0.1, -0.05) is 47.7 Å². The highest BCUT2D eigenvalue weighted by atomic mass is 32.2. The van der Waals surface area contributed by atoms with E-state index in [4.69, 9.17) is 0 Å². The van der Waals surface area contributed by atoms with E-state index in [1.165, 1.54) is 23.1 Å². The molecule has 2 amide bonds. The number of amides is 2. The molecular weight excluding hydrogens is 344 g/mol. The molecule has 1 aromatic heterocycles. The Hall–Kier alpha value is -2.45. The zero-order valence-corrected chi connectivity index (χ0v) is 14.2. The van der Waals surface area contributed by atoms with Crippen LogP contribution >= 0.6 is 23.1 Å². The summed E-state index contributed by atoms with van der Waals surface area (Å²) in [7, 11) is 0. The van der Waals surface area contributed by atoms with Crippen LogP contribution in [0.5, 0.6) is 0 Å². The van der Waals surface area contributed by atoms with Crippen LogP contribution in [-0.2, 0) is 9.59 Å². The van der Waals surface area contributed by atoms with Crippen molar-refractivity contribution in [2.24, 2.45) is 0 Å². The highest BCUT2D eigenvalue weighted by molar-refractivity contribution is 8.00. The number of benzene rings is 2. The van der Waals surface area contributed by atoms with Crippen molar-refractivity contribution < 1.29 is 9.59 Å². The van der Waals surface area contributed by atoms with Gasteiger partial charge in [-0.25, -0.2) is 0 Å². The highest BCUT2D eigenvalue weighted by Gasteiger charge is 2.09. The monoisotopic (exact) mass is 358 g/mol. The number of carbonyl (C=O) groups is 2. The summed E-state index contributed by atoms with van der Waals surface area (Å²) in [5.41, 5.74) is 2.32. The van der Waals surface area contributed by atoms with Gasteiger partial charge in [0.2, 0.25) is 16.9 Å². The summed E-state index contributed by atoms with van der Waals surface area (Å²) in [5.74, 6) is 0.0461. The molecule has 3 rings (SSSR count). The molecule has 0 unspecified atom stereocenters. The molecule has 0 radical (unpaired) electrons. The topological polar surface area (TPSA) is 84.0 Å². The number of thioether (sulfide) groups is 1. The average molecular weight is 358 g/mol. The van der Waals surface area contributed by atoms with Crippen LogP contribution in [0.4, 0.5) is 10.8 Å². The van der Waals surface area contributed by atoms with E-state index in [9.17, 15) is 9.59 Å². The second-order valence-corrected chi connectivity index (χ2v) is 6.68. The minimum absolute atomic E-state index is 0.139. The Bertz CT molecular complexity index is 847. The van der Waals surface area contributed by atoms with E-state index in [2.05, 4.69) is 20.8 Å². The van der Waals surface area contributed by atoms with Crippen molar-refractivity contribution in [1.29, 1.82) is 0 Å². The molecule has 2 N–H and O–H groups in total. The SMILES string of the molecule is O=C(CSCC(=O)Nc1cccc2ccccc12)Nc1nncs1. The molecule has 122 valence electrons. The fourth-order valence-electron chi connectivity index (χ4n) is 2.14. The third-order valence-corrected chi connectivity index (χ3v) is 4.68. The second kappa shape index (κ2) is 7.89. The zero-order valence-electron chi connectivity index (χ0n) is 12.6. The minimum atomic E-state index is -0.199. The maximum atomic E-state index is 12.1. The second-order valence-electron chi connectivity index (χ2n) is 4.86. The van der Waals surface area contributed by atoms with Crippen LogP contribution in [0.3, 0.4) is 0 Å². The number of anilines is 2. The Morgan fingerprint density at radius 3 is 2.54 bits per heavy atom.